The average molecular weight is 398 g/mol. The van der Waals surface area contributed by atoms with Crippen LogP contribution in [0.1, 0.15) is 26.7 Å². The summed E-state index contributed by atoms with van der Waals surface area (Å²) in [5.74, 6) is -0.121. The summed E-state index contributed by atoms with van der Waals surface area (Å²) in [7, 11) is 0. The highest BCUT2D eigenvalue weighted by Gasteiger charge is 2.37. The van der Waals surface area contributed by atoms with Crippen molar-refractivity contribution in [3.8, 4) is 11.5 Å². The number of aliphatic carboxylic acids is 1. The second-order valence-electron chi connectivity index (χ2n) is 7.78. The van der Waals surface area contributed by atoms with E-state index in [1.165, 1.54) is 12.3 Å². The molecule has 1 atom stereocenters. The van der Waals surface area contributed by atoms with Gasteiger partial charge in [-0.2, -0.15) is 0 Å². The minimum atomic E-state index is -0.919. The number of pyridine rings is 1. The van der Waals surface area contributed by atoms with Crippen molar-refractivity contribution in [1.82, 2.24) is 24.3 Å². The number of nitrogens with one attached hydrogen (secondary N) is 1. The number of carboxylic acids is 1. The van der Waals surface area contributed by atoms with Gasteiger partial charge in [0, 0.05) is 25.0 Å². The summed E-state index contributed by atoms with van der Waals surface area (Å²) in [6.07, 6.45) is 6.44. The highest BCUT2D eigenvalue weighted by molar-refractivity contribution is 5.77. The molecule has 0 radical (unpaired) electrons. The molecular weight excluding hydrogens is 375 g/mol. The lowest BCUT2D eigenvalue weighted by Gasteiger charge is -2.41. The van der Waals surface area contributed by atoms with Crippen LogP contribution in [0.2, 0.25) is 0 Å². The third-order valence-corrected chi connectivity index (χ3v) is 5.44. The summed E-state index contributed by atoms with van der Waals surface area (Å²) >= 11 is 0. The summed E-state index contributed by atoms with van der Waals surface area (Å²) in [6, 6.07) is 4.80. The van der Waals surface area contributed by atoms with Crippen LogP contribution in [0.25, 0.3) is 17.2 Å². The average Bonchev–Trinajstić information content (AvgIpc) is 3.11. The van der Waals surface area contributed by atoms with Crippen molar-refractivity contribution >= 4 is 17.4 Å². The van der Waals surface area contributed by atoms with E-state index in [4.69, 9.17) is 0 Å². The Labute approximate surface area is 167 Å². The Kier molecular flexibility index (Phi) is 4.91. The highest BCUT2D eigenvalue weighted by atomic mass is 19.1. The molecule has 3 aromatic rings. The maximum atomic E-state index is 13.6. The fraction of sp³-hybridized carbons (Fsp3) is 0.400. The Balaban J connectivity index is 1.55. The summed E-state index contributed by atoms with van der Waals surface area (Å²) in [4.78, 5) is 26.7. The molecule has 1 aliphatic heterocycles. The van der Waals surface area contributed by atoms with E-state index in [0.29, 0.717) is 29.5 Å². The first-order valence-corrected chi connectivity index (χ1v) is 9.55. The number of hydrogen-bond donors (Lipinski definition) is 2. The van der Waals surface area contributed by atoms with E-state index in [-0.39, 0.29) is 11.9 Å². The van der Waals surface area contributed by atoms with Crippen molar-refractivity contribution in [2.75, 3.05) is 18.4 Å². The number of hydrogen-bond acceptors (Lipinski definition) is 6. The fourth-order valence-electron chi connectivity index (χ4n) is 3.63. The van der Waals surface area contributed by atoms with Crippen molar-refractivity contribution in [2.24, 2.45) is 0 Å². The Morgan fingerprint density at radius 3 is 2.93 bits per heavy atom. The van der Waals surface area contributed by atoms with Gasteiger partial charge in [-0.15, -0.1) is 0 Å². The molecule has 2 N–H and O–H groups in total. The first-order valence-electron chi connectivity index (χ1n) is 9.55. The van der Waals surface area contributed by atoms with Crippen LogP contribution in [0.4, 0.5) is 10.2 Å². The fourth-order valence-corrected chi connectivity index (χ4v) is 3.63. The molecule has 3 aromatic heterocycles. The molecule has 0 amide bonds. The van der Waals surface area contributed by atoms with Crippen molar-refractivity contribution in [2.45, 2.75) is 38.3 Å². The number of fused-ring (bicyclic) bond motifs is 1. The normalized spacial score (nSPS) is 18.1. The molecule has 4 rings (SSSR count). The lowest BCUT2D eigenvalue weighted by atomic mass is 9.96. The van der Waals surface area contributed by atoms with Crippen LogP contribution in [-0.2, 0) is 4.79 Å². The molecule has 29 heavy (non-hydrogen) atoms. The lowest BCUT2D eigenvalue weighted by molar-refractivity contribution is -0.150. The van der Waals surface area contributed by atoms with Crippen molar-refractivity contribution in [1.29, 1.82) is 0 Å². The number of aromatic nitrogens is 4. The minimum absolute atomic E-state index is 0.0738. The molecule has 0 saturated carbocycles. The standard InChI is InChI=1S/C20H23FN6O2/c1-20(2,19(28)29)26-9-3-4-14(12-26)24-16-7-8-22-18(25-16)15-10-23-17-6-5-13(21)11-27(15)17/h5-8,10-11,14H,3-4,9,12H2,1-2H3,(H,28,29)(H,22,24,25). The maximum absolute atomic E-state index is 13.6. The number of rotatable bonds is 5. The summed E-state index contributed by atoms with van der Waals surface area (Å²) in [6.45, 7) is 4.81. The van der Waals surface area contributed by atoms with E-state index in [0.717, 1.165) is 19.4 Å². The zero-order valence-electron chi connectivity index (χ0n) is 16.3. The van der Waals surface area contributed by atoms with E-state index in [1.54, 1.807) is 42.8 Å². The van der Waals surface area contributed by atoms with Crippen LogP contribution in [0, 0.1) is 5.82 Å². The number of nitrogens with zero attached hydrogens (tertiary/aromatic N) is 5. The molecule has 1 saturated heterocycles. The van der Waals surface area contributed by atoms with E-state index in [9.17, 15) is 14.3 Å². The van der Waals surface area contributed by atoms with E-state index in [1.807, 2.05) is 4.90 Å². The van der Waals surface area contributed by atoms with Crippen LogP contribution in [-0.4, -0.2) is 60.0 Å². The topological polar surface area (TPSA) is 95.7 Å². The summed E-state index contributed by atoms with van der Waals surface area (Å²) < 4.78 is 15.3. The van der Waals surface area contributed by atoms with Gasteiger partial charge in [-0.05, 0) is 51.4 Å². The Morgan fingerprint density at radius 2 is 2.14 bits per heavy atom. The third-order valence-electron chi connectivity index (χ3n) is 5.44. The van der Waals surface area contributed by atoms with Crippen LogP contribution in [0.3, 0.4) is 0 Å². The Hall–Kier alpha value is -3.07. The molecule has 1 unspecified atom stereocenters. The Morgan fingerprint density at radius 1 is 1.31 bits per heavy atom. The predicted octanol–water partition coefficient (Wildman–Crippen LogP) is 2.67. The van der Waals surface area contributed by atoms with Crippen LogP contribution in [0.15, 0.2) is 36.8 Å². The third kappa shape index (κ3) is 3.77. The number of piperidine rings is 1. The number of anilines is 1. The smallest absolute Gasteiger partial charge is 0.323 e. The van der Waals surface area contributed by atoms with E-state index >= 15 is 0 Å². The van der Waals surface area contributed by atoms with Crippen LogP contribution in [0.5, 0.6) is 0 Å². The van der Waals surface area contributed by atoms with Gasteiger partial charge in [0.05, 0.1) is 6.20 Å². The zero-order chi connectivity index (χ0) is 20.6. The minimum Gasteiger partial charge on any atom is -0.480 e. The van der Waals surface area contributed by atoms with E-state index in [2.05, 4.69) is 20.3 Å². The summed E-state index contributed by atoms with van der Waals surface area (Å²) in [5.41, 5.74) is 0.292. The molecule has 1 aliphatic rings. The molecule has 8 nitrogen and oxygen atoms in total. The van der Waals surface area contributed by atoms with Gasteiger partial charge in [0.25, 0.3) is 0 Å². The molecule has 9 heteroatoms. The molecule has 0 aromatic carbocycles. The van der Waals surface area contributed by atoms with Gasteiger partial charge < -0.3 is 10.4 Å². The number of likely N-dealkylation sites (tertiary alicyclic amines) is 1. The molecular formula is C20H23FN6O2. The van der Waals surface area contributed by atoms with Gasteiger partial charge in [-0.3, -0.25) is 14.1 Å². The molecule has 0 bridgehead atoms. The quantitative estimate of drug-likeness (QED) is 0.682. The first-order chi connectivity index (χ1) is 13.8. The van der Waals surface area contributed by atoms with Crippen molar-refractivity contribution < 1.29 is 14.3 Å². The monoisotopic (exact) mass is 398 g/mol. The number of carboxylic acid groups (broad SMARTS) is 1. The highest BCUT2D eigenvalue weighted by Crippen LogP contribution is 2.24. The molecule has 4 heterocycles. The molecule has 0 aliphatic carbocycles. The van der Waals surface area contributed by atoms with E-state index < -0.39 is 11.5 Å². The van der Waals surface area contributed by atoms with Gasteiger partial charge in [-0.1, -0.05) is 0 Å². The van der Waals surface area contributed by atoms with Gasteiger partial charge in [0.1, 0.15) is 28.5 Å². The van der Waals surface area contributed by atoms with Crippen molar-refractivity contribution in [3.63, 3.8) is 0 Å². The first kappa shape index (κ1) is 19.3. The zero-order valence-corrected chi connectivity index (χ0v) is 16.3. The summed E-state index contributed by atoms with van der Waals surface area (Å²) in [5, 5.41) is 12.9. The predicted molar refractivity (Wildman–Crippen MR) is 106 cm³/mol. The Bertz CT molecular complexity index is 1050. The maximum Gasteiger partial charge on any atom is 0.323 e. The molecule has 0 spiro atoms. The van der Waals surface area contributed by atoms with Crippen LogP contribution < -0.4 is 5.32 Å². The van der Waals surface area contributed by atoms with Gasteiger partial charge >= 0.3 is 5.97 Å². The van der Waals surface area contributed by atoms with Gasteiger partial charge in [-0.25, -0.2) is 19.3 Å². The lowest BCUT2D eigenvalue weighted by Crippen LogP contribution is -2.56. The molecule has 152 valence electrons. The largest absolute Gasteiger partial charge is 0.480 e. The SMILES string of the molecule is CC(C)(C(=O)O)N1CCCC(Nc2ccnc(-c3cnc4ccc(F)cn34)n2)C1. The number of imidazole rings is 1. The van der Waals surface area contributed by atoms with Gasteiger partial charge in [0.15, 0.2) is 5.82 Å². The second-order valence-corrected chi connectivity index (χ2v) is 7.78. The van der Waals surface area contributed by atoms with Crippen LogP contribution >= 0.6 is 0 Å². The number of carbonyl (C=O) groups is 1. The van der Waals surface area contributed by atoms with Crippen molar-refractivity contribution in [3.05, 3.63) is 42.6 Å². The number of halogens is 1. The molecule has 1 fully saturated rings. The second kappa shape index (κ2) is 7.40. The van der Waals surface area contributed by atoms with Gasteiger partial charge in [0.2, 0.25) is 0 Å².